The molecule has 1 aromatic carbocycles. The van der Waals surface area contributed by atoms with Gasteiger partial charge in [-0.05, 0) is 44.0 Å². The number of carbonyl (C=O) groups excluding carboxylic acids is 1. The molecular weight excluding hydrogens is 466 g/mol. The maximum Gasteiger partial charge on any atom is 0.246 e. The van der Waals surface area contributed by atoms with Gasteiger partial charge in [-0.1, -0.05) is 11.6 Å². The van der Waals surface area contributed by atoms with Crippen LogP contribution in [0.2, 0.25) is 5.02 Å². The highest BCUT2D eigenvalue weighted by atomic mass is 35.5. The minimum atomic E-state index is -3.01. The molecule has 2 aromatic rings. The molecule has 1 unspecified atom stereocenters. The topological polar surface area (TPSA) is 90.7 Å². The zero-order chi connectivity index (χ0) is 23.8. The normalized spacial score (nSPS) is 19.6. The molecule has 2 aliphatic rings. The fourth-order valence-electron chi connectivity index (χ4n) is 4.21. The summed E-state index contributed by atoms with van der Waals surface area (Å²) in [7, 11) is -1.28. The van der Waals surface area contributed by atoms with E-state index < -0.39 is 9.84 Å². The van der Waals surface area contributed by atoms with Crippen molar-refractivity contribution in [2.45, 2.75) is 39.3 Å². The number of likely N-dealkylation sites (N-methyl/N-ethyl adjacent to an activating group) is 1. The summed E-state index contributed by atoms with van der Waals surface area (Å²) in [6.45, 7) is 5.29. The first-order chi connectivity index (χ1) is 15.6. The molecule has 1 aromatic heterocycles. The van der Waals surface area contributed by atoms with Crippen molar-refractivity contribution < 1.29 is 22.7 Å². The number of aromatic nitrogens is 2. The highest BCUT2D eigenvalue weighted by molar-refractivity contribution is 7.91. The Morgan fingerprint density at radius 3 is 2.79 bits per heavy atom. The van der Waals surface area contributed by atoms with E-state index in [-0.39, 0.29) is 23.5 Å². The summed E-state index contributed by atoms with van der Waals surface area (Å²) in [4.78, 5) is 14.4. The SMILES string of the molecule is Cc1nn(C2CCS(=O)(=O)C2)c(C)c1CN(C)C(=O)C=Cc1cc(Cl)c2c(c1)OCCCO2. The number of halogens is 1. The van der Waals surface area contributed by atoms with Crippen LogP contribution in [0.4, 0.5) is 0 Å². The Balaban J connectivity index is 1.46. The largest absolute Gasteiger partial charge is 0.489 e. The first-order valence-electron chi connectivity index (χ1n) is 10.9. The molecule has 2 aliphatic heterocycles. The molecule has 33 heavy (non-hydrogen) atoms. The fourth-order valence-corrected chi connectivity index (χ4v) is 6.17. The van der Waals surface area contributed by atoms with Gasteiger partial charge in [0.15, 0.2) is 21.3 Å². The Kier molecular flexibility index (Phi) is 6.72. The van der Waals surface area contributed by atoms with Gasteiger partial charge in [0.25, 0.3) is 0 Å². The van der Waals surface area contributed by atoms with Crippen molar-refractivity contribution in [3.63, 3.8) is 0 Å². The first kappa shape index (κ1) is 23.6. The van der Waals surface area contributed by atoms with E-state index >= 15 is 0 Å². The van der Waals surface area contributed by atoms with E-state index in [1.54, 1.807) is 24.1 Å². The van der Waals surface area contributed by atoms with E-state index in [4.69, 9.17) is 21.1 Å². The van der Waals surface area contributed by atoms with E-state index in [1.807, 2.05) is 24.6 Å². The van der Waals surface area contributed by atoms with Crippen LogP contribution < -0.4 is 9.47 Å². The van der Waals surface area contributed by atoms with Crippen molar-refractivity contribution >= 4 is 33.4 Å². The highest BCUT2D eigenvalue weighted by Gasteiger charge is 2.31. The van der Waals surface area contributed by atoms with Crippen molar-refractivity contribution in [2.75, 3.05) is 31.8 Å². The minimum Gasteiger partial charge on any atom is -0.489 e. The molecule has 4 rings (SSSR count). The molecule has 0 aliphatic carbocycles. The van der Waals surface area contributed by atoms with Crippen molar-refractivity contribution in [1.29, 1.82) is 0 Å². The molecule has 1 saturated heterocycles. The summed E-state index contributed by atoms with van der Waals surface area (Å²) in [5, 5.41) is 5.02. The summed E-state index contributed by atoms with van der Waals surface area (Å²) >= 11 is 6.33. The number of hydrogen-bond donors (Lipinski definition) is 0. The molecule has 1 amide bonds. The summed E-state index contributed by atoms with van der Waals surface area (Å²) in [6.07, 6.45) is 4.55. The first-order valence-corrected chi connectivity index (χ1v) is 13.1. The second-order valence-corrected chi connectivity index (χ2v) is 11.2. The lowest BCUT2D eigenvalue weighted by Gasteiger charge is -2.16. The second kappa shape index (κ2) is 9.38. The number of hydrogen-bond acceptors (Lipinski definition) is 6. The van der Waals surface area contributed by atoms with Crippen LogP contribution in [0, 0.1) is 13.8 Å². The molecule has 0 radical (unpaired) electrons. The third-order valence-electron chi connectivity index (χ3n) is 6.04. The monoisotopic (exact) mass is 493 g/mol. The van der Waals surface area contributed by atoms with Gasteiger partial charge < -0.3 is 14.4 Å². The number of aryl methyl sites for hydroxylation is 1. The van der Waals surface area contributed by atoms with Gasteiger partial charge in [0.05, 0.1) is 41.5 Å². The lowest BCUT2D eigenvalue weighted by molar-refractivity contribution is -0.125. The predicted octanol–water partition coefficient (Wildman–Crippen LogP) is 3.35. The van der Waals surface area contributed by atoms with Gasteiger partial charge in [0.1, 0.15) is 0 Å². The lowest BCUT2D eigenvalue weighted by Crippen LogP contribution is -2.24. The molecule has 8 nitrogen and oxygen atoms in total. The van der Waals surface area contributed by atoms with E-state index in [0.29, 0.717) is 42.7 Å². The molecular formula is C23H28ClN3O5S. The zero-order valence-electron chi connectivity index (χ0n) is 19.0. The van der Waals surface area contributed by atoms with E-state index in [0.717, 1.165) is 28.9 Å². The average Bonchev–Trinajstić information content (AvgIpc) is 3.13. The third-order valence-corrected chi connectivity index (χ3v) is 8.07. The number of sulfone groups is 1. The molecule has 0 saturated carbocycles. The van der Waals surface area contributed by atoms with Gasteiger partial charge in [0, 0.05) is 37.3 Å². The molecule has 10 heteroatoms. The second-order valence-electron chi connectivity index (χ2n) is 8.56. The smallest absolute Gasteiger partial charge is 0.246 e. The van der Waals surface area contributed by atoms with Gasteiger partial charge in [0.2, 0.25) is 5.91 Å². The number of fused-ring (bicyclic) bond motifs is 1. The number of benzene rings is 1. The van der Waals surface area contributed by atoms with Gasteiger partial charge in [-0.25, -0.2) is 8.42 Å². The lowest BCUT2D eigenvalue weighted by atomic mass is 10.1. The van der Waals surface area contributed by atoms with Crippen LogP contribution in [0.5, 0.6) is 11.5 Å². The molecule has 1 atom stereocenters. The Hall–Kier alpha value is -2.52. The van der Waals surface area contributed by atoms with Crippen LogP contribution in [-0.2, 0) is 21.2 Å². The van der Waals surface area contributed by atoms with E-state index in [1.165, 1.54) is 6.08 Å². The summed E-state index contributed by atoms with van der Waals surface area (Å²) in [5.41, 5.74) is 3.37. The Morgan fingerprint density at radius 2 is 2.06 bits per heavy atom. The van der Waals surface area contributed by atoms with E-state index in [9.17, 15) is 13.2 Å². The predicted molar refractivity (Wildman–Crippen MR) is 127 cm³/mol. The van der Waals surface area contributed by atoms with Gasteiger partial charge in [-0.15, -0.1) is 0 Å². The van der Waals surface area contributed by atoms with Crippen LogP contribution in [0.1, 0.15) is 41.4 Å². The number of amides is 1. The quantitative estimate of drug-likeness (QED) is 0.593. The molecule has 3 heterocycles. The van der Waals surface area contributed by atoms with Gasteiger partial charge >= 0.3 is 0 Å². The van der Waals surface area contributed by atoms with E-state index in [2.05, 4.69) is 5.10 Å². The van der Waals surface area contributed by atoms with Gasteiger partial charge in [-0.2, -0.15) is 5.10 Å². The minimum absolute atomic E-state index is 0.115. The Bertz CT molecular complexity index is 1210. The zero-order valence-corrected chi connectivity index (χ0v) is 20.6. The maximum absolute atomic E-state index is 12.8. The summed E-state index contributed by atoms with van der Waals surface area (Å²) in [6, 6.07) is 3.41. The van der Waals surface area contributed by atoms with Crippen LogP contribution in [0.15, 0.2) is 18.2 Å². The highest BCUT2D eigenvalue weighted by Crippen LogP contribution is 2.38. The number of ether oxygens (including phenoxy) is 2. The van der Waals surface area contributed by atoms with Crippen molar-refractivity contribution in [3.05, 3.63) is 45.7 Å². The fraction of sp³-hybridized carbons (Fsp3) is 0.478. The molecule has 178 valence electrons. The maximum atomic E-state index is 12.8. The number of rotatable bonds is 5. The van der Waals surface area contributed by atoms with Crippen LogP contribution in [0.3, 0.4) is 0 Å². The standard InChI is InChI=1S/C23H28ClN3O5S/c1-15-19(16(2)27(25-15)18-7-10-33(29,30)14-18)13-26(3)22(28)6-5-17-11-20(24)23-21(12-17)31-8-4-9-32-23/h5-6,11-12,18H,4,7-10,13-14H2,1-3H3. The Morgan fingerprint density at radius 1 is 1.30 bits per heavy atom. The third kappa shape index (κ3) is 5.19. The molecule has 0 bridgehead atoms. The Labute approximate surface area is 199 Å². The van der Waals surface area contributed by atoms with Crippen LogP contribution in [0.25, 0.3) is 6.08 Å². The average molecular weight is 494 g/mol. The van der Waals surface area contributed by atoms with Crippen LogP contribution >= 0.6 is 11.6 Å². The van der Waals surface area contributed by atoms with Gasteiger partial charge in [-0.3, -0.25) is 9.48 Å². The van der Waals surface area contributed by atoms with Crippen LogP contribution in [-0.4, -0.2) is 60.8 Å². The number of nitrogens with zero attached hydrogens (tertiary/aromatic N) is 3. The summed E-state index contributed by atoms with van der Waals surface area (Å²) in [5.74, 6) is 1.25. The molecule has 1 fully saturated rings. The number of carbonyl (C=O) groups is 1. The van der Waals surface area contributed by atoms with Crippen molar-refractivity contribution in [3.8, 4) is 11.5 Å². The molecule has 0 spiro atoms. The molecule has 0 N–H and O–H groups in total. The van der Waals surface area contributed by atoms with Crippen molar-refractivity contribution in [1.82, 2.24) is 14.7 Å². The summed E-state index contributed by atoms with van der Waals surface area (Å²) < 4.78 is 36.9. The van der Waals surface area contributed by atoms with Crippen molar-refractivity contribution in [2.24, 2.45) is 0 Å².